The van der Waals surface area contributed by atoms with E-state index in [-0.39, 0.29) is 36.6 Å². The Balaban J connectivity index is 0.00000240. The van der Waals surface area contributed by atoms with Gasteiger partial charge in [-0.25, -0.2) is 0 Å². The molecule has 156 valence electrons. The topological polar surface area (TPSA) is 94.8 Å². The number of likely N-dealkylation sites (tertiary alicyclic amines) is 1. The van der Waals surface area contributed by atoms with Gasteiger partial charge in [-0.1, -0.05) is 28.9 Å². The number of rotatable bonds is 5. The first-order valence-corrected chi connectivity index (χ1v) is 9.35. The highest BCUT2D eigenvalue weighted by atomic mass is 35.5. The third kappa shape index (κ3) is 4.00. The number of fused-ring (bicyclic) bond motifs is 1. The zero-order chi connectivity index (χ0) is 19.7. The van der Waals surface area contributed by atoms with Crippen LogP contribution in [0.4, 0.5) is 0 Å². The van der Waals surface area contributed by atoms with Crippen molar-refractivity contribution >= 4 is 24.3 Å². The summed E-state index contributed by atoms with van der Waals surface area (Å²) in [5, 5.41) is 4.01. The van der Waals surface area contributed by atoms with Crippen molar-refractivity contribution in [2.75, 3.05) is 33.4 Å². The molecule has 2 aliphatic heterocycles. The molecule has 2 aromatic rings. The smallest absolute Gasteiger partial charge is 0.316 e. The van der Waals surface area contributed by atoms with Gasteiger partial charge in [0, 0.05) is 37.4 Å². The highest BCUT2D eigenvalue weighted by Gasteiger charge is 2.57. The number of aromatic nitrogens is 2. The molecule has 2 aliphatic rings. The highest BCUT2D eigenvalue weighted by molar-refractivity contribution is 5.85. The molecule has 0 spiro atoms. The van der Waals surface area contributed by atoms with Crippen LogP contribution >= 0.6 is 12.4 Å². The Hall–Kier alpha value is -2.45. The summed E-state index contributed by atoms with van der Waals surface area (Å²) >= 11 is 0. The van der Waals surface area contributed by atoms with Gasteiger partial charge in [0.1, 0.15) is 5.41 Å². The number of hydrogen-bond acceptors (Lipinski definition) is 7. The maximum atomic E-state index is 12.7. The number of benzene rings is 1. The molecule has 4 rings (SSSR count). The van der Waals surface area contributed by atoms with Gasteiger partial charge in [0.2, 0.25) is 17.6 Å². The summed E-state index contributed by atoms with van der Waals surface area (Å²) < 4.78 is 15.7. The second-order valence-electron chi connectivity index (χ2n) is 7.52. The summed E-state index contributed by atoms with van der Waals surface area (Å²) in [5.41, 5.74) is 1.27. The lowest BCUT2D eigenvalue weighted by atomic mass is 9.81. The molecule has 0 aliphatic carbocycles. The number of carbonyl (C=O) groups is 2. The van der Waals surface area contributed by atoms with Crippen LogP contribution in [0.1, 0.15) is 17.9 Å². The van der Waals surface area contributed by atoms with Crippen molar-refractivity contribution in [2.45, 2.75) is 19.8 Å². The van der Waals surface area contributed by atoms with Crippen LogP contribution in [0.5, 0.6) is 0 Å². The van der Waals surface area contributed by atoms with Gasteiger partial charge in [0.05, 0.1) is 20.3 Å². The van der Waals surface area contributed by atoms with Crippen molar-refractivity contribution in [2.24, 2.45) is 11.3 Å². The molecule has 9 heteroatoms. The van der Waals surface area contributed by atoms with E-state index in [0.717, 1.165) is 11.1 Å². The van der Waals surface area contributed by atoms with E-state index in [1.807, 2.05) is 31.2 Å². The lowest BCUT2D eigenvalue weighted by molar-refractivity contribution is -0.153. The number of hydrogen-bond donors (Lipinski definition) is 0. The van der Waals surface area contributed by atoms with E-state index in [9.17, 15) is 9.59 Å². The Morgan fingerprint density at radius 1 is 1.38 bits per heavy atom. The number of methoxy groups -OCH3 is 1. The number of aryl methyl sites for hydroxylation is 2. The number of carbonyl (C=O) groups excluding carboxylic acids is 2. The molecule has 0 bridgehead atoms. The zero-order valence-corrected chi connectivity index (χ0v) is 17.2. The Morgan fingerprint density at radius 3 is 2.97 bits per heavy atom. The van der Waals surface area contributed by atoms with Crippen LogP contribution in [-0.2, 0) is 25.5 Å². The Kier molecular flexibility index (Phi) is 6.24. The summed E-state index contributed by atoms with van der Waals surface area (Å²) in [4.78, 5) is 31.0. The summed E-state index contributed by atoms with van der Waals surface area (Å²) in [5.74, 6) is 0.595. The molecule has 0 saturated carbocycles. The molecule has 29 heavy (non-hydrogen) atoms. The van der Waals surface area contributed by atoms with E-state index < -0.39 is 5.41 Å². The number of ether oxygens (including phenoxy) is 2. The summed E-state index contributed by atoms with van der Waals surface area (Å²) in [6.45, 7) is 3.62. The second kappa shape index (κ2) is 8.51. The highest BCUT2D eigenvalue weighted by Crippen LogP contribution is 2.42. The number of halogens is 1. The van der Waals surface area contributed by atoms with E-state index in [4.69, 9.17) is 14.0 Å². The van der Waals surface area contributed by atoms with Gasteiger partial charge in [-0.3, -0.25) is 9.59 Å². The summed E-state index contributed by atoms with van der Waals surface area (Å²) in [7, 11) is 1.37. The van der Waals surface area contributed by atoms with E-state index in [2.05, 4.69) is 10.1 Å². The second-order valence-corrected chi connectivity index (χ2v) is 7.52. The van der Waals surface area contributed by atoms with Crippen LogP contribution in [0, 0.1) is 18.3 Å². The zero-order valence-electron chi connectivity index (χ0n) is 16.4. The van der Waals surface area contributed by atoms with Gasteiger partial charge in [-0.15, -0.1) is 12.4 Å². The number of amides is 1. The van der Waals surface area contributed by atoms with Crippen LogP contribution < -0.4 is 0 Å². The molecule has 2 fully saturated rings. The van der Waals surface area contributed by atoms with Crippen molar-refractivity contribution in [3.63, 3.8) is 0 Å². The largest absolute Gasteiger partial charge is 0.468 e. The summed E-state index contributed by atoms with van der Waals surface area (Å²) in [6.07, 6.45) is 0.612. The fraction of sp³-hybridized carbons (Fsp3) is 0.500. The molecule has 1 aromatic carbocycles. The van der Waals surface area contributed by atoms with E-state index in [1.165, 1.54) is 7.11 Å². The lowest BCUT2D eigenvalue weighted by Crippen LogP contribution is -2.41. The van der Waals surface area contributed by atoms with Gasteiger partial charge in [-0.05, 0) is 13.0 Å². The fourth-order valence-electron chi connectivity index (χ4n) is 4.05. The maximum absolute atomic E-state index is 12.7. The van der Waals surface area contributed by atoms with Crippen molar-refractivity contribution in [3.8, 4) is 11.4 Å². The molecule has 8 nitrogen and oxygen atoms in total. The van der Waals surface area contributed by atoms with Crippen molar-refractivity contribution < 1.29 is 23.6 Å². The predicted molar refractivity (Wildman–Crippen MR) is 105 cm³/mol. The number of nitrogens with zero attached hydrogens (tertiary/aromatic N) is 3. The maximum Gasteiger partial charge on any atom is 0.316 e. The molecule has 2 atom stereocenters. The normalized spacial score (nSPS) is 22.8. The van der Waals surface area contributed by atoms with Gasteiger partial charge in [-0.2, -0.15) is 4.98 Å². The predicted octanol–water partition coefficient (Wildman–Crippen LogP) is 2.05. The van der Waals surface area contributed by atoms with Gasteiger partial charge >= 0.3 is 5.97 Å². The first kappa shape index (κ1) is 21.3. The molecular formula is C20H24ClN3O5. The Labute approximate surface area is 175 Å². The third-order valence-corrected chi connectivity index (χ3v) is 5.62. The fourth-order valence-corrected chi connectivity index (χ4v) is 4.05. The van der Waals surface area contributed by atoms with E-state index in [1.54, 1.807) is 4.90 Å². The SMILES string of the molecule is COC(=O)[C@@]12COC[C@@H]1CN(C(=O)CCc1nc(-c3cccc(C)c3)no1)C2.Cl. The molecule has 0 N–H and O–H groups in total. The minimum atomic E-state index is -0.729. The molecule has 1 amide bonds. The molecule has 0 unspecified atom stereocenters. The summed E-state index contributed by atoms with van der Waals surface area (Å²) in [6, 6.07) is 7.84. The average molecular weight is 422 g/mol. The third-order valence-electron chi connectivity index (χ3n) is 5.62. The lowest BCUT2D eigenvalue weighted by Gasteiger charge is -2.23. The number of esters is 1. The van der Waals surface area contributed by atoms with Crippen LogP contribution in [0.15, 0.2) is 28.8 Å². The minimum Gasteiger partial charge on any atom is -0.468 e. The van der Waals surface area contributed by atoms with Gasteiger partial charge in [0.25, 0.3) is 0 Å². The molecule has 3 heterocycles. The van der Waals surface area contributed by atoms with Crippen LogP contribution in [0.2, 0.25) is 0 Å². The minimum absolute atomic E-state index is 0. The molecule has 0 radical (unpaired) electrons. The van der Waals surface area contributed by atoms with Crippen molar-refractivity contribution in [3.05, 3.63) is 35.7 Å². The van der Waals surface area contributed by atoms with Gasteiger partial charge < -0.3 is 18.9 Å². The molecule has 2 saturated heterocycles. The molecular weight excluding hydrogens is 398 g/mol. The van der Waals surface area contributed by atoms with Gasteiger partial charge in [0.15, 0.2) is 0 Å². The van der Waals surface area contributed by atoms with Crippen LogP contribution in [-0.4, -0.2) is 60.3 Å². The standard InChI is InChI=1S/C20H23N3O5.ClH/c1-13-4-3-5-14(8-13)18-21-16(28-22-18)6-7-17(24)23-9-15-10-27-12-20(15,11-23)19(25)26-2;/h3-5,8,15H,6-7,9-12H2,1-2H3;1H/t15-,20-;/m0./s1. The average Bonchev–Trinajstić information content (AvgIpc) is 3.39. The first-order valence-electron chi connectivity index (χ1n) is 9.35. The first-order chi connectivity index (χ1) is 13.5. The van der Waals surface area contributed by atoms with Crippen molar-refractivity contribution in [1.82, 2.24) is 15.0 Å². The monoisotopic (exact) mass is 421 g/mol. The van der Waals surface area contributed by atoms with E-state index >= 15 is 0 Å². The van der Waals surface area contributed by atoms with Crippen molar-refractivity contribution in [1.29, 1.82) is 0 Å². The van der Waals surface area contributed by atoms with Crippen LogP contribution in [0.25, 0.3) is 11.4 Å². The quantitative estimate of drug-likeness (QED) is 0.682. The Morgan fingerprint density at radius 2 is 2.21 bits per heavy atom. The van der Waals surface area contributed by atoms with Crippen LogP contribution in [0.3, 0.4) is 0 Å². The van der Waals surface area contributed by atoms with E-state index in [0.29, 0.717) is 44.4 Å². The Bertz CT molecular complexity index is 902. The molecule has 1 aromatic heterocycles.